The van der Waals surface area contributed by atoms with Gasteiger partial charge in [0.1, 0.15) is 5.82 Å². The molecule has 2 fully saturated rings. The molecule has 0 aromatic carbocycles. The highest BCUT2D eigenvalue weighted by atomic mass is 15.3. The van der Waals surface area contributed by atoms with Gasteiger partial charge in [0.2, 0.25) is 0 Å². The molecule has 1 unspecified atom stereocenters. The lowest BCUT2D eigenvalue weighted by Crippen LogP contribution is -2.39. The van der Waals surface area contributed by atoms with Crippen molar-refractivity contribution >= 4 is 0 Å². The Labute approximate surface area is 109 Å². The maximum Gasteiger partial charge on any atom is 0.153 e. The maximum absolute atomic E-state index is 4.54. The molecule has 100 valence electrons. The van der Waals surface area contributed by atoms with Gasteiger partial charge in [-0.15, -0.1) is 10.2 Å². The Morgan fingerprint density at radius 2 is 2.06 bits per heavy atom. The van der Waals surface area contributed by atoms with Gasteiger partial charge < -0.3 is 9.88 Å². The van der Waals surface area contributed by atoms with E-state index in [2.05, 4.69) is 33.9 Å². The van der Waals surface area contributed by atoms with Gasteiger partial charge in [0.15, 0.2) is 5.82 Å². The minimum absolute atomic E-state index is 0.0872. The van der Waals surface area contributed by atoms with Gasteiger partial charge in [-0.1, -0.05) is 19.8 Å². The van der Waals surface area contributed by atoms with E-state index >= 15 is 0 Å². The summed E-state index contributed by atoms with van der Waals surface area (Å²) in [5, 5.41) is 12.6. The largest absolute Gasteiger partial charge is 0.311 e. The van der Waals surface area contributed by atoms with E-state index in [1.807, 2.05) is 0 Å². The van der Waals surface area contributed by atoms with Crippen molar-refractivity contribution in [3.63, 3.8) is 0 Å². The van der Waals surface area contributed by atoms with Crippen LogP contribution >= 0.6 is 0 Å². The summed E-state index contributed by atoms with van der Waals surface area (Å²) in [6.07, 6.45) is 8.87. The van der Waals surface area contributed by atoms with E-state index in [0.717, 1.165) is 18.8 Å². The highest BCUT2D eigenvalue weighted by molar-refractivity contribution is 5.13. The van der Waals surface area contributed by atoms with E-state index in [4.69, 9.17) is 0 Å². The highest BCUT2D eigenvalue weighted by Crippen LogP contribution is 2.38. The van der Waals surface area contributed by atoms with Crippen molar-refractivity contribution in [1.29, 1.82) is 0 Å². The molecule has 1 aliphatic carbocycles. The molecule has 2 aliphatic rings. The molecule has 1 aliphatic heterocycles. The molecular weight excluding hydrogens is 224 g/mol. The van der Waals surface area contributed by atoms with E-state index in [1.54, 1.807) is 0 Å². The molecular formula is C14H24N4. The van der Waals surface area contributed by atoms with E-state index in [9.17, 15) is 0 Å². The van der Waals surface area contributed by atoms with Crippen LogP contribution in [0.3, 0.4) is 0 Å². The molecule has 1 saturated heterocycles. The Hall–Kier alpha value is -0.900. The Morgan fingerprint density at radius 1 is 1.28 bits per heavy atom. The van der Waals surface area contributed by atoms with Crippen LogP contribution in [-0.2, 0) is 5.54 Å². The van der Waals surface area contributed by atoms with Gasteiger partial charge in [-0.3, -0.25) is 0 Å². The lowest BCUT2D eigenvalue weighted by Gasteiger charge is -2.29. The number of nitrogens with one attached hydrogen (secondary N) is 1. The third-order valence-corrected chi connectivity index (χ3v) is 4.83. The highest BCUT2D eigenvalue weighted by Gasteiger charge is 2.39. The summed E-state index contributed by atoms with van der Waals surface area (Å²) in [5.74, 6) is 2.30. The van der Waals surface area contributed by atoms with Crippen LogP contribution in [0.5, 0.6) is 0 Å². The van der Waals surface area contributed by atoms with Crippen LogP contribution in [0.4, 0.5) is 0 Å². The van der Waals surface area contributed by atoms with Crippen molar-refractivity contribution in [2.45, 2.75) is 70.4 Å². The Morgan fingerprint density at radius 3 is 2.67 bits per heavy atom. The van der Waals surface area contributed by atoms with Gasteiger partial charge in [0, 0.05) is 6.04 Å². The zero-order chi connectivity index (χ0) is 12.6. The van der Waals surface area contributed by atoms with Gasteiger partial charge in [0.05, 0.1) is 5.54 Å². The zero-order valence-electron chi connectivity index (χ0n) is 11.6. The summed E-state index contributed by atoms with van der Waals surface area (Å²) in [7, 11) is 0. The molecule has 1 saturated carbocycles. The van der Waals surface area contributed by atoms with E-state index in [0.29, 0.717) is 6.04 Å². The normalized spacial score (nSPS) is 29.2. The van der Waals surface area contributed by atoms with Gasteiger partial charge in [-0.05, 0) is 45.6 Å². The molecule has 0 radical (unpaired) electrons. The fraction of sp³-hybridized carbons (Fsp3) is 0.857. The van der Waals surface area contributed by atoms with Gasteiger partial charge in [-0.2, -0.15) is 0 Å². The topological polar surface area (TPSA) is 42.7 Å². The molecule has 4 nitrogen and oxygen atoms in total. The van der Waals surface area contributed by atoms with Crippen molar-refractivity contribution in [2.24, 2.45) is 0 Å². The summed E-state index contributed by atoms with van der Waals surface area (Å²) in [6, 6.07) is 0.640. The quantitative estimate of drug-likeness (QED) is 0.894. The summed E-state index contributed by atoms with van der Waals surface area (Å²) in [5.41, 5.74) is 0.0872. The molecule has 18 heavy (non-hydrogen) atoms. The monoisotopic (exact) mass is 248 g/mol. The van der Waals surface area contributed by atoms with Crippen LogP contribution < -0.4 is 5.32 Å². The molecule has 2 heterocycles. The van der Waals surface area contributed by atoms with Gasteiger partial charge >= 0.3 is 0 Å². The van der Waals surface area contributed by atoms with Crippen LogP contribution in [0.15, 0.2) is 0 Å². The summed E-state index contributed by atoms with van der Waals surface area (Å²) in [6.45, 7) is 5.48. The molecule has 0 bridgehead atoms. The van der Waals surface area contributed by atoms with Gasteiger partial charge in [-0.25, -0.2) is 0 Å². The van der Waals surface area contributed by atoms with Crippen molar-refractivity contribution in [2.75, 3.05) is 6.54 Å². The Bertz CT molecular complexity index is 411. The molecule has 1 N–H and O–H groups in total. The molecule has 1 aromatic rings. The number of hydrogen-bond acceptors (Lipinski definition) is 3. The number of hydrogen-bond donors (Lipinski definition) is 1. The van der Waals surface area contributed by atoms with Crippen molar-refractivity contribution in [3.8, 4) is 0 Å². The van der Waals surface area contributed by atoms with Crippen LogP contribution in [0.2, 0.25) is 0 Å². The summed E-state index contributed by atoms with van der Waals surface area (Å²) in [4.78, 5) is 0. The maximum atomic E-state index is 4.54. The van der Waals surface area contributed by atoms with Crippen LogP contribution in [0.25, 0.3) is 0 Å². The second kappa shape index (κ2) is 4.65. The molecule has 1 atom stereocenters. The van der Waals surface area contributed by atoms with Crippen molar-refractivity contribution in [3.05, 3.63) is 11.6 Å². The minimum Gasteiger partial charge on any atom is -0.311 e. The summed E-state index contributed by atoms with van der Waals surface area (Å²) >= 11 is 0. The predicted octanol–water partition coefficient (Wildman–Crippen LogP) is 2.69. The van der Waals surface area contributed by atoms with Crippen LogP contribution in [0, 0.1) is 6.92 Å². The third-order valence-electron chi connectivity index (χ3n) is 4.83. The molecule has 0 amide bonds. The minimum atomic E-state index is 0.0872. The van der Waals surface area contributed by atoms with Crippen LogP contribution in [0.1, 0.15) is 69.6 Å². The number of rotatable bonds is 3. The lowest BCUT2D eigenvalue weighted by molar-refractivity contribution is 0.320. The fourth-order valence-electron chi connectivity index (χ4n) is 3.75. The van der Waals surface area contributed by atoms with Crippen LogP contribution in [-0.4, -0.2) is 21.3 Å². The first kappa shape index (κ1) is 12.2. The lowest BCUT2D eigenvalue weighted by atomic mass is 9.92. The first-order valence-corrected chi connectivity index (χ1v) is 7.44. The fourth-order valence-corrected chi connectivity index (χ4v) is 3.75. The van der Waals surface area contributed by atoms with Crippen molar-refractivity contribution in [1.82, 2.24) is 20.1 Å². The third kappa shape index (κ3) is 1.78. The standard InChI is InChI=1S/C14H24N4/c1-3-14(9-6-10-15-14)13-17-16-11(2)18(13)12-7-4-5-8-12/h12,15H,3-10H2,1-2H3. The second-order valence-electron chi connectivity index (χ2n) is 5.85. The molecule has 0 spiro atoms. The van der Waals surface area contributed by atoms with Crippen molar-refractivity contribution < 1.29 is 0 Å². The zero-order valence-corrected chi connectivity index (χ0v) is 11.6. The Balaban J connectivity index is 2.00. The smallest absolute Gasteiger partial charge is 0.153 e. The number of nitrogens with zero attached hydrogens (tertiary/aromatic N) is 3. The van der Waals surface area contributed by atoms with E-state index in [-0.39, 0.29) is 5.54 Å². The average Bonchev–Trinajstić information content (AvgIpc) is 3.08. The first-order chi connectivity index (χ1) is 8.77. The SMILES string of the molecule is CCC1(c2nnc(C)n2C2CCCC2)CCCN1. The van der Waals surface area contributed by atoms with Gasteiger partial charge in [0.25, 0.3) is 0 Å². The molecule has 3 rings (SSSR count). The van der Waals surface area contributed by atoms with E-state index < -0.39 is 0 Å². The summed E-state index contributed by atoms with van der Waals surface area (Å²) < 4.78 is 2.44. The molecule has 1 aromatic heterocycles. The average molecular weight is 248 g/mol. The first-order valence-electron chi connectivity index (χ1n) is 7.44. The van der Waals surface area contributed by atoms with E-state index in [1.165, 1.54) is 44.3 Å². The molecule has 4 heteroatoms. The Kier molecular flexibility index (Phi) is 3.14. The number of aromatic nitrogens is 3. The predicted molar refractivity (Wildman–Crippen MR) is 71.5 cm³/mol. The second-order valence-corrected chi connectivity index (χ2v) is 5.85. The number of aryl methyl sites for hydroxylation is 1.